The summed E-state index contributed by atoms with van der Waals surface area (Å²) in [6.45, 7) is 9.01. The fraction of sp³-hybridized carbons (Fsp3) is 0.500. The molecule has 0 aliphatic carbocycles. The quantitative estimate of drug-likeness (QED) is 0.934. The molecule has 1 aliphatic heterocycles. The largest absolute Gasteiger partial charge is 0.481 e. The molecule has 0 aromatic heterocycles. The summed E-state index contributed by atoms with van der Waals surface area (Å²) in [6.07, 6.45) is -0.547. The average Bonchev–Trinajstić information content (AvgIpc) is 2.91. The molecule has 0 saturated carbocycles. The van der Waals surface area contributed by atoms with Crippen LogP contribution < -0.4 is 10.1 Å². The Morgan fingerprint density at radius 3 is 2.52 bits per heavy atom. The van der Waals surface area contributed by atoms with E-state index in [-0.39, 0.29) is 11.3 Å². The first-order valence-corrected chi connectivity index (χ1v) is 8.10. The number of amidine groups is 1. The summed E-state index contributed by atoms with van der Waals surface area (Å²) in [5, 5.41) is 3.48. The fourth-order valence-electron chi connectivity index (χ4n) is 1.91. The Balaban J connectivity index is 1.92. The molecule has 2 rings (SSSR count). The molecule has 1 N–H and O–H groups in total. The van der Waals surface area contributed by atoms with Crippen LogP contribution in [0.2, 0.25) is 0 Å². The molecule has 1 atom stereocenters. The third-order valence-electron chi connectivity index (χ3n) is 3.22. The Labute approximate surface area is 130 Å². The second kappa shape index (κ2) is 6.52. The molecule has 1 heterocycles. The molecule has 114 valence electrons. The van der Waals surface area contributed by atoms with Gasteiger partial charge in [0, 0.05) is 5.75 Å². The lowest BCUT2D eigenvalue weighted by Gasteiger charge is -2.20. The van der Waals surface area contributed by atoms with Gasteiger partial charge in [0.05, 0.1) is 6.54 Å². The van der Waals surface area contributed by atoms with E-state index in [0.717, 1.165) is 12.3 Å². The summed E-state index contributed by atoms with van der Waals surface area (Å²) in [5.41, 5.74) is 1.35. The lowest BCUT2D eigenvalue weighted by Crippen LogP contribution is -2.38. The van der Waals surface area contributed by atoms with Crippen molar-refractivity contribution in [3.63, 3.8) is 0 Å². The first-order chi connectivity index (χ1) is 9.86. The molecule has 1 amide bonds. The van der Waals surface area contributed by atoms with Crippen LogP contribution in [0.15, 0.2) is 29.3 Å². The van der Waals surface area contributed by atoms with Crippen molar-refractivity contribution in [1.82, 2.24) is 5.32 Å². The molecule has 5 heteroatoms. The Morgan fingerprint density at radius 1 is 1.33 bits per heavy atom. The maximum Gasteiger partial charge on any atom is 0.266 e. The number of amides is 1. The molecule has 0 unspecified atom stereocenters. The second-order valence-corrected chi connectivity index (χ2v) is 7.14. The van der Waals surface area contributed by atoms with Gasteiger partial charge in [0.15, 0.2) is 11.3 Å². The molecule has 1 aliphatic rings. The van der Waals surface area contributed by atoms with Crippen LogP contribution >= 0.6 is 11.8 Å². The van der Waals surface area contributed by atoms with E-state index in [1.807, 2.05) is 24.3 Å². The summed E-state index contributed by atoms with van der Waals surface area (Å²) in [5.74, 6) is 1.47. The number of carbonyl (C=O) groups excluding carboxylic acids is 1. The Hall–Kier alpha value is -1.49. The molecule has 0 fully saturated rings. The minimum atomic E-state index is -0.547. The number of nitrogens with zero attached hydrogens (tertiary/aromatic N) is 1. The number of aliphatic imine (C=N–C) groups is 1. The van der Waals surface area contributed by atoms with Gasteiger partial charge in [-0.05, 0) is 30.0 Å². The smallest absolute Gasteiger partial charge is 0.266 e. The Kier molecular flexibility index (Phi) is 4.93. The molecule has 0 radical (unpaired) electrons. The van der Waals surface area contributed by atoms with Crippen molar-refractivity contribution in [3.8, 4) is 5.75 Å². The normalized spacial score (nSPS) is 16.3. The van der Waals surface area contributed by atoms with E-state index in [4.69, 9.17) is 4.74 Å². The summed E-state index contributed by atoms with van der Waals surface area (Å²) in [7, 11) is 0. The number of ether oxygens (including phenoxy) is 1. The van der Waals surface area contributed by atoms with E-state index in [1.165, 1.54) is 5.56 Å². The van der Waals surface area contributed by atoms with E-state index in [9.17, 15) is 4.79 Å². The standard InChI is InChI=1S/C16H22N2O2S/c1-11(14(19)18-15-17-9-10-21-15)20-13-7-5-12(6-8-13)16(2,3)4/h5-8,11H,9-10H2,1-4H3,(H,17,18,19)/t11-/m0/s1. The molecule has 0 saturated heterocycles. The van der Waals surface area contributed by atoms with Crippen molar-refractivity contribution < 1.29 is 9.53 Å². The zero-order chi connectivity index (χ0) is 15.5. The van der Waals surface area contributed by atoms with E-state index < -0.39 is 6.10 Å². The number of benzene rings is 1. The van der Waals surface area contributed by atoms with E-state index >= 15 is 0 Å². The van der Waals surface area contributed by atoms with Crippen LogP contribution in [-0.4, -0.2) is 29.5 Å². The van der Waals surface area contributed by atoms with Gasteiger partial charge >= 0.3 is 0 Å². The molecular formula is C16H22N2O2S. The third-order valence-corrected chi connectivity index (χ3v) is 4.11. The van der Waals surface area contributed by atoms with Crippen molar-refractivity contribution in [2.45, 2.75) is 39.2 Å². The maximum atomic E-state index is 12.0. The highest BCUT2D eigenvalue weighted by molar-refractivity contribution is 8.14. The van der Waals surface area contributed by atoms with Gasteiger partial charge < -0.3 is 10.1 Å². The lowest BCUT2D eigenvalue weighted by atomic mass is 9.87. The van der Waals surface area contributed by atoms with Gasteiger partial charge in [-0.3, -0.25) is 9.79 Å². The summed E-state index contributed by atoms with van der Waals surface area (Å²) >= 11 is 1.56. The van der Waals surface area contributed by atoms with Gasteiger partial charge in [-0.2, -0.15) is 0 Å². The summed E-state index contributed by atoms with van der Waals surface area (Å²) < 4.78 is 5.68. The van der Waals surface area contributed by atoms with E-state index in [1.54, 1.807) is 18.7 Å². The van der Waals surface area contributed by atoms with Gasteiger partial charge in [-0.25, -0.2) is 0 Å². The van der Waals surface area contributed by atoms with E-state index in [2.05, 4.69) is 31.1 Å². The lowest BCUT2D eigenvalue weighted by molar-refractivity contribution is -0.125. The van der Waals surface area contributed by atoms with Crippen LogP contribution in [0, 0.1) is 0 Å². The summed E-state index contributed by atoms with van der Waals surface area (Å²) in [6, 6.07) is 7.89. The van der Waals surface area contributed by atoms with Gasteiger partial charge in [-0.15, -0.1) is 0 Å². The topological polar surface area (TPSA) is 50.7 Å². The number of carbonyl (C=O) groups is 1. The Morgan fingerprint density at radius 2 is 2.00 bits per heavy atom. The first kappa shape index (κ1) is 15.9. The predicted octanol–water partition coefficient (Wildman–Crippen LogP) is 2.97. The molecular weight excluding hydrogens is 284 g/mol. The number of hydrogen-bond acceptors (Lipinski definition) is 4. The number of hydrogen-bond donors (Lipinski definition) is 1. The number of rotatable bonds is 3. The van der Waals surface area contributed by atoms with Crippen molar-refractivity contribution >= 4 is 22.8 Å². The zero-order valence-electron chi connectivity index (χ0n) is 13.0. The monoisotopic (exact) mass is 306 g/mol. The SMILES string of the molecule is C[C@H](Oc1ccc(C(C)(C)C)cc1)C(=O)NC1=NCCS1. The maximum absolute atomic E-state index is 12.0. The molecule has 4 nitrogen and oxygen atoms in total. The third kappa shape index (κ3) is 4.49. The van der Waals surface area contributed by atoms with Crippen molar-refractivity contribution in [2.24, 2.45) is 4.99 Å². The molecule has 1 aromatic carbocycles. The van der Waals surface area contributed by atoms with Crippen LogP contribution in [0.1, 0.15) is 33.3 Å². The van der Waals surface area contributed by atoms with Crippen LogP contribution in [0.25, 0.3) is 0 Å². The van der Waals surface area contributed by atoms with Crippen molar-refractivity contribution in [2.75, 3.05) is 12.3 Å². The van der Waals surface area contributed by atoms with Crippen molar-refractivity contribution in [1.29, 1.82) is 0 Å². The molecule has 0 spiro atoms. The highest BCUT2D eigenvalue weighted by Gasteiger charge is 2.19. The highest BCUT2D eigenvalue weighted by Crippen LogP contribution is 2.24. The van der Waals surface area contributed by atoms with Gasteiger partial charge in [-0.1, -0.05) is 44.7 Å². The zero-order valence-corrected chi connectivity index (χ0v) is 13.8. The van der Waals surface area contributed by atoms with Gasteiger partial charge in [0.25, 0.3) is 5.91 Å². The molecule has 0 bridgehead atoms. The minimum Gasteiger partial charge on any atom is -0.481 e. The van der Waals surface area contributed by atoms with Crippen LogP contribution in [0.4, 0.5) is 0 Å². The predicted molar refractivity (Wildman–Crippen MR) is 88.1 cm³/mol. The minimum absolute atomic E-state index is 0.110. The average molecular weight is 306 g/mol. The molecule has 21 heavy (non-hydrogen) atoms. The van der Waals surface area contributed by atoms with Crippen LogP contribution in [0.5, 0.6) is 5.75 Å². The Bertz CT molecular complexity index is 532. The summed E-state index contributed by atoms with van der Waals surface area (Å²) in [4.78, 5) is 16.2. The molecule has 1 aromatic rings. The fourth-order valence-corrected chi connectivity index (χ4v) is 2.64. The highest BCUT2D eigenvalue weighted by atomic mass is 32.2. The second-order valence-electron chi connectivity index (χ2n) is 6.06. The van der Waals surface area contributed by atoms with Gasteiger partial charge in [0.1, 0.15) is 5.75 Å². The van der Waals surface area contributed by atoms with Crippen molar-refractivity contribution in [3.05, 3.63) is 29.8 Å². The number of nitrogens with one attached hydrogen (secondary N) is 1. The van der Waals surface area contributed by atoms with E-state index in [0.29, 0.717) is 10.9 Å². The first-order valence-electron chi connectivity index (χ1n) is 7.11. The van der Waals surface area contributed by atoms with Crippen LogP contribution in [-0.2, 0) is 10.2 Å². The number of thioether (sulfide) groups is 1. The van der Waals surface area contributed by atoms with Gasteiger partial charge in [0.2, 0.25) is 0 Å². The van der Waals surface area contributed by atoms with Crippen LogP contribution in [0.3, 0.4) is 0 Å².